The average Bonchev–Trinajstić information content (AvgIpc) is 3.27. The molecule has 2 heterocycles. The summed E-state index contributed by atoms with van der Waals surface area (Å²) in [5.74, 6) is 1.20. The van der Waals surface area contributed by atoms with Crippen molar-refractivity contribution < 1.29 is 19.1 Å². The van der Waals surface area contributed by atoms with Gasteiger partial charge in [0.2, 0.25) is 5.91 Å². The van der Waals surface area contributed by atoms with E-state index in [-0.39, 0.29) is 17.9 Å². The van der Waals surface area contributed by atoms with Crippen LogP contribution in [0.5, 0.6) is 11.5 Å². The van der Waals surface area contributed by atoms with Crippen LogP contribution in [0.1, 0.15) is 28.8 Å². The molecule has 0 atom stereocenters. The van der Waals surface area contributed by atoms with E-state index in [2.05, 4.69) is 5.32 Å². The molecule has 1 N–H and O–H groups in total. The molecule has 0 aliphatic carbocycles. The highest BCUT2D eigenvalue weighted by molar-refractivity contribution is 7.08. The molecule has 0 saturated carbocycles. The van der Waals surface area contributed by atoms with Gasteiger partial charge in [0, 0.05) is 36.2 Å². The topological polar surface area (TPSA) is 67.9 Å². The zero-order valence-corrected chi connectivity index (χ0v) is 16.8. The van der Waals surface area contributed by atoms with Crippen molar-refractivity contribution in [1.82, 2.24) is 10.2 Å². The second-order valence-electron chi connectivity index (χ2n) is 6.53. The number of hydrogen-bond acceptors (Lipinski definition) is 5. The molecule has 1 aromatic carbocycles. The van der Waals surface area contributed by atoms with E-state index in [1.165, 1.54) is 11.3 Å². The van der Waals surface area contributed by atoms with Gasteiger partial charge in [0.05, 0.1) is 14.2 Å². The summed E-state index contributed by atoms with van der Waals surface area (Å²) in [6, 6.07) is 7.43. The molecule has 148 valence electrons. The van der Waals surface area contributed by atoms with Crippen molar-refractivity contribution in [2.45, 2.75) is 18.9 Å². The minimum absolute atomic E-state index is 0.0302. The largest absolute Gasteiger partial charge is 0.493 e. The Morgan fingerprint density at radius 3 is 2.54 bits per heavy atom. The van der Waals surface area contributed by atoms with Crippen molar-refractivity contribution >= 4 is 29.2 Å². The van der Waals surface area contributed by atoms with Crippen molar-refractivity contribution in [3.63, 3.8) is 0 Å². The number of carbonyl (C=O) groups excluding carboxylic acids is 2. The van der Waals surface area contributed by atoms with Crippen LogP contribution in [-0.4, -0.2) is 50.1 Å². The highest BCUT2D eigenvalue weighted by atomic mass is 32.1. The van der Waals surface area contributed by atoms with E-state index < -0.39 is 0 Å². The predicted molar refractivity (Wildman–Crippen MR) is 110 cm³/mol. The molecular formula is C21H24N2O4S. The summed E-state index contributed by atoms with van der Waals surface area (Å²) >= 11 is 1.51. The second kappa shape index (κ2) is 9.41. The van der Waals surface area contributed by atoms with Gasteiger partial charge in [-0.15, -0.1) is 0 Å². The maximum Gasteiger partial charge on any atom is 0.252 e. The van der Waals surface area contributed by atoms with Gasteiger partial charge in [0.25, 0.3) is 5.91 Å². The Labute approximate surface area is 168 Å². The van der Waals surface area contributed by atoms with E-state index in [1.807, 2.05) is 39.9 Å². The van der Waals surface area contributed by atoms with E-state index in [1.54, 1.807) is 26.4 Å². The molecule has 0 spiro atoms. The third-order valence-corrected chi connectivity index (χ3v) is 5.43. The Hall–Kier alpha value is -2.80. The zero-order chi connectivity index (χ0) is 19.9. The lowest BCUT2D eigenvalue weighted by atomic mass is 10.0. The monoisotopic (exact) mass is 400 g/mol. The number of hydrogen-bond donors (Lipinski definition) is 1. The fourth-order valence-electron chi connectivity index (χ4n) is 3.14. The van der Waals surface area contributed by atoms with E-state index in [4.69, 9.17) is 9.47 Å². The molecule has 6 nitrogen and oxygen atoms in total. The summed E-state index contributed by atoms with van der Waals surface area (Å²) in [5, 5.41) is 6.78. The molecule has 0 radical (unpaired) electrons. The van der Waals surface area contributed by atoms with Gasteiger partial charge in [-0.2, -0.15) is 11.3 Å². The van der Waals surface area contributed by atoms with E-state index >= 15 is 0 Å². The van der Waals surface area contributed by atoms with Gasteiger partial charge < -0.3 is 19.7 Å². The molecule has 2 aromatic rings. The van der Waals surface area contributed by atoms with Crippen LogP contribution in [0, 0.1) is 0 Å². The van der Waals surface area contributed by atoms with Gasteiger partial charge in [-0.1, -0.05) is 6.07 Å². The number of carbonyl (C=O) groups is 2. The first-order chi connectivity index (χ1) is 13.6. The average molecular weight is 401 g/mol. The first kappa shape index (κ1) is 19.9. The lowest BCUT2D eigenvalue weighted by Gasteiger charge is -2.31. The number of nitrogens with zero attached hydrogens (tertiary/aromatic N) is 1. The van der Waals surface area contributed by atoms with E-state index in [0.29, 0.717) is 30.2 Å². The Kier molecular flexibility index (Phi) is 6.71. The predicted octanol–water partition coefficient (Wildman–Crippen LogP) is 3.20. The SMILES string of the molecule is COc1ccc(/C=C/C(=O)N2CCC(NC(=O)c3ccsc3)CC2)cc1OC. The first-order valence-corrected chi connectivity index (χ1v) is 10.1. The summed E-state index contributed by atoms with van der Waals surface area (Å²) in [6.07, 6.45) is 4.86. The number of methoxy groups -OCH3 is 2. The molecule has 1 saturated heterocycles. The van der Waals surface area contributed by atoms with Crippen molar-refractivity contribution in [2.24, 2.45) is 0 Å². The summed E-state index contributed by atoms with van der Waals surface area (Å²) in [5.41, 5.74) is 1.56. The van der Waals surface area contributed by atoms with Gasteiger partial charge in [0.1, 0.15) is 0 Å². The van der Waals surface area contributed by atoms with E-state index in [0.717, 1.165) is 18.4 Å². The van der Waals surface area contributed by atoms with Crippen molar-refractivity contribution in [3.05, 3.63) is 52.2 Å². The second-order valence-corrected chi connectivity index (χ2v) is 7.31. The van der Waals surface area contributed by atoms with Crippen LogP contribution in [0.4, 0.5) is 0 Å². The summed E-state index contributed by atoms with van der Waals surface area (Å²) in [4.78, 5) is 26.4. The summed E-state index contributed by atoms with van der Waals surface area (Å²) in [6.45, 7) is 1.26. The van der Waals surface area contributed by atoms with Gasteiger partial charge in [-0.25, -0.2) is 0 Å². The van der Waals surface area contributed by atoms with Crippen molar-refractivity contribution in [3.8, 4) is 11.5 Å². The highest BCUT2D eigenvalue weighted by Gasteiger charge is 2.23. The van der Waals surface area contributed by atoms with Gasteiger partial charge in [0.15, 0.2) is 11.5 Å². The standard InChI is InChI=1S/C21H24N2O4S/c1-26-18-5-3-15(13-19(18)27-2)4-6-20(24)23-10-7-17(8-11-23)22-21(25)16-9-12-28-14-16/h3-6,9,12-14,17H,7-8,10-11H2,1-2H3,(H,22,25)/b6-4+. The quantitative estimate of drug-likeness (QED) is 0.756. The Morgan fingerprint density at radius 2 is 1.89 bits per heavy atom. The number of piperidine rings is 1. The number of ether oxygens (including phenoxy) is 2. The molecule has 1 aliphatic heterocycles. The number of thiophene rings is 1. The molecule has 1 aliphatic rings. The number of nitrogens with one attached hydrogen (secondary N) is 1. The molecule has 3 rings (SSSR count). The normalized spacial score (nSPS) is 14.9. The van der Waals surface area contributed by atoms with Gasteiger partial charge in [-0.05, 0) is 48.1 Å². The molecule has 1 aromatic heterocycles. The molecular weight excluding hydrogens is 376 g/mol. The molecule has 2 amide bonds. The Morgan fingerprint density at radius 1 is 1.14 bits per heavy atom. The van der Waals surface area contributed by atoms with Crippen LogP contribution in [-0.2, 0) is 4.79 Å². The minimum atomic E-state index is -0.0422. The fraction of sp³-hybridized carbons (Fsp3) is 0.333. The van der Waals surface area contributed by atoms with Crippen LogP contribution >= 0.6 is 11.3 Å². The summed E-state index contributed by atoms with van der Waals surface area (Å²) < 4.78 is 10.5. The van der Waals surface area contributed by atoms with Gasteiger partial charge >= 0.3 is 0 Å². The minimum Gasteiger partial charge on any atom is -0.493 e. The molecule has 7 heteroatoms. The Bertz CT molecular complexity index is 840. The lowest BCUT2D eigenvalue weighted by Crippen LogP contribution is -2.46. The number of benzene rings is 1. The molecule has 1 fully saturated rings. The lowest BCUT2D eigenvalue weighted by molar-refractivity contribution is -0.126. The van der Waals surface area contributed by atoms with Gasteiger partial charge in [-0.3, -0.25) is 9.59 Å². The van der Waals surface area contributed by atoms with Crippen LogP contribution in [0.3, 0.4) is 0 Å². The summed E-state index contributed by atoms with van der Waals surface area (Å²) in [7, 11) is 3.17. The highest BCUT2D eigenvalue weighted by Crippen LogP contribution is 2.28. The fourth-order valence-corrected chi connectivity index (χ4v) is 3.77. The van der Waals surface area contributed by atoms with Crippen LogP contribution in [0.15, 0.2) is 41.1 Å². The van der Waals surface area contributed by atoms with Crippen molar-refractivity contribution in [2.75, 3.05) is 27.3 Å². The zero-order valence-electron chi connectivity index (χ0n) is 16.0. The van der Waals surface area contributed by atoms with Crippen LogP contribution in [0.2, 0.25) is 0 Å². The van der Waals surface area contributed by atoms with E-state index in [9.17, 15) is 9.59 Å². The number of likely N-dealkylation sites (tertiary alicyclic amines) is 1. The maximum absolute atomic E-state index is 12.5. The molecule has 28 heavy (non-hydrogen) atoms. The number of amides is 2. The first-order valence-electron chi connectivity index (χ1n) is 9.13. The smallest absolute Gasteiger partial charge is 0.252 e. The molecule has 0 bridgehead atoms. The maximum atomic E-state index is 12.5. The number of rotatable bonds is 6. The van der Waals surface area contributed by atoms with Crippen LogP contribution in [0.25, 0.3) is 6.08 Å². The third kappa shape index (κ3) is 4.92. The molecule has 0 unspecified atom stereocenters. The third-order valence-electron chi connectivity index (χ3n) is 4.75. The Balaban J connectivity index is 1.51. The van der Waals surface area contributed by atoms with Crippen LogP contribution < -0.4 is 14.8 Å². The van der Waals surface area contributed by atoms with Crippen molar-refractivity contribution in [1.29, 1.82) is 0 Å².